The molecule has 1 amide bonds. The van der Waals surface area contributed by atoms with E-state index in [0.29, 0.717) is 17.4 Å². The predicted octanol–water partition coefficient (Wildman–Crippen LogP) is 0.873. The summed E-state index contributed by atoms with van der Waals surface area (Å²) in [4.78, 5) is 15.3. The van der Waals surface area contributed by atoms with Crippen molar-refractivity contribution in [1.82, 2.24) is 9.29 Å². The van der Waals surface area contributed by atoms with Gasteiger partial charge in [0, 0.05) is 23.4 Å². The molecule has 104 valence electrons. The summed E-state index contributed by atoms with van der Waals surface area (Å²) in [6, 6.07) is 0.701. The Morgan fingerprint density at radius 1 is 1.42 bits per heavy atom. The number of aromatic nitrogens is 1. The number of nitrogens with two attached hydrogens (primary N) is 1. The molecule has 19 heavy (non-hydrogen) atoms. The average Bonchev–Trinajstić information content (AvgIpc) is 2.38. The first-order chi connectivity index (χ1) is 8.93. The van der Waals surface area contributed by atoms with Gasteiger partial charge in [-0.1, -0.05) is 6.42 Å². The van der Waals surface area contributed by atoms with E-state index in [4.69, 9.17) is 5.73 Å². The van der Waals surface area contributed by atoms with Crippen LogP contribution >= 0.6 is 15.9 Å². The van der Waals surface area contributed by atoms with Gasteiger partial charge in [-0.2, -0.15) is 4.31 Å². The summed E-state index contributed by atoms with van der Waals surface area (Å²) in [6.07, 6.45) is 4.77. The van der Waals surface area contributed by atoms with Gasteiger partial charge in [-0.15, -0.1) is 0 Å². The zero-order valence-electron chi connectivity index (χ0n) is 10.1. The van der Waals surface area contributed by atoms with Crippen molar-refractivity contribution in [3.8, 4) is 0 Å². The number of hydrogen-bond donors (Lipinski definition) is 1. The number of rotatable bonds is 3. The molecule has 1 aliphatic rings. The average molecular weight is 348 g/mol. The molecular weight excluding hydrogens is 334 g/mol. The second-order valence-corrected chi connectivity index (χ2v) is 7.17. The summed E-state index contributed by atoms with van der Waals surface area (Å²) in [7, 11) is -3.74. The molecule has 0 saturated carbocycles. The van der Waals surface area contributed by atoms with Gasteiger partial charge in [0.05, 0.1) is 0 Å². The highest BCUT2D eigenvalue weighted by Crippen LogP contribution is 2.26. The molecule has 0 spiro atoms. The first-order valence-corrected chi connectivity index (χ1v) is 8.08. The number of halogens is 1. The van der Waals surface area contributed by atoms with E-state index in [1.165, 1.54) is 22.8 Å². The van der Waals surface area contributed by atoms with Crippen LogP contribution in [0.2, 0.25) is 0 Å². The molecule has 0 bridgehead atoms. The van der Waals surface area contributed by atoms with Crippen molar-refractivity contribution in [2.75, 3.05) is 6.54 Å². The minimum absolute atomic E-state index is 0.0648. The van der Waals surface area contributed by atoms with Crippen molar-refractivity contribution >= 4 is 31.9 Å². The number of carbonyl (C=O) groups excluding carboxylic acids is 1. The fourth-order valence-electron chi connectivity index (χ4n) is 2.15. The van der Waals surface area contributed by atoms with E-state index < -0.39 is 22.0 Å². The minimum Gasteiger partial charge on any atom is -0.368 e. The lowest BCUT2D eigenvalue weighted by Crippen LogP contribution is -2.50. The Bertz CT molecular complexity index is 591. The molecule has 2 rings (SSSR count). The summed E-state index contributed by atoms with van der Waals surface area (Å²) in [5, 5.41) is 0. The number of nitrogens with zero attached hydrogens (tertiary/aromatic N) is 2. The highest BCUT2D eigenvalue weighted by molar-refractivity contribution is 9.10. The third-order valence-corrected chi connectivity index (χ3v) is 5.38. The van der Waals surface area contributed by atoms with Crippen LogP contribution in [0.5, 0.6) is 0 Å². The molecule has 1 fully saturated rings. The lowest BCUT2D eigenvalue weighted by molar-refractivity contribution is -0.122. The molecular formula is C11H14BrN3O3S. The zero-order chi connectivity index (χ0) is 14.0. The molecule has 1 unspecified atom stereocenters. The maximum atomic E-state index is 12.5. The van der Waals surface area contributed by atoms with E-state index in [-0.39, 0.29) is 4.90 Å². The second kappa shape index (κ2) is 5.56. The normalized spacial score (nSPS) is 21.2. The standard InChI is InChI=1S/C11H14BrN3O3S/c12-8-5-9(7-14-6-8)19(17,18)15-4-2-1-3-10(15)11(13)16/h5-7,10H,1-4H2,(H2,13,16). The van der Waals surface area contributed by atoms with Gasteiger partial charge in [-0.3, -0.25) is 9.78 Å². The van der Waals surface area contributed by atoms with Gasteiger partial charge in [0.1, 0.15) is 10.9 Å². The largest absolute Gasteiger partial charge is 0.368 e. The zero-order valence-corrected chi connectivity index (χ0v) is 12.5. The molecule has 0 aromatic carbocycles. The maximum Gasteiger partial charge on any atom is 0.245 e. The van der Waals surface area contributed by atoms with Gasteiger partial charge >= 0.3 is 0 Å². The smallest absolute Gasteiger partial charge is 0.245 e. The fraction of sp³-hybridized carbons (Fsp3) is 0.455. The Morgan fingerprint density at radius 2 is 2.16 bits per heavy atom. The van der Waals surface area contributed by atoms with Crippen LogP contribution in [0.25, 0.3) is 0 Å². The monoisotopic (exact) mass is 347 g/mol. The summed E-state index contributed by atoms with van der Waals surface area (Å²) < 4.78 is 26.8. The molecule has 0 radical (unpaired) electrons. The Hall–Kier alpha value is -0.990. The number of carbonyl (C=O) groups is 1. The number of pyridine rings is 1. The first-order valence-electron chi connectivity index (χ1n) is 5.84. The van der Waals surface area contributed by atoms with E-state index in [1.54, 1.807) is 0 Å². The summed E-state index contributed by atoms with van der Waals surface area (Å²) in [6.45, 7) is 0.308. The van der Waals surface area contributed by atoms with Gasteiger partial charge in [0.25, 0.3) is 0 Å². The van der Waals surface area contributed by atoms with Crippen LogP contribution in [0, 0.1) is 0 Å². The topological polar surface area (TPSA) is 93.4 Å². The van der Waals surface area contributed by atoms with Gasteiger partial charge < -0.3 is 5.73 Å². The fourth-order valence-corrected chi connectivity index (χ4v) is 4.32. The quantitative estimate of drug-likeness (QED) is 0.877. The van der Waals surface area contributed by atoms with Crippen molar-refractivity contribution in [1.29, 1.82) is 0 Å². The van der Waals surface area contributed by atoms with Gasteiger partial charge in [-0.05, 0) is 34.8 Å². The van der Waals surface area contributed by atoms with Crippen LogP contribution in [-0.2, 0) is 14.8 Å². The van der Waals surface area contributed by atoms with Crippen molar-refractivity contribution in [2.45, 2.75) is 30.2 Å². The summed E-state index contributed by atoms with van der Waals surface area (Å²) >= 11 is 3.19. The van der Waals surface area contributed by atoms with Gasteiger partial charge in [0.15, 0.2) is 0 Å². The van der Waals surface area contributed by atoms with Crippen molar-refractivity contribution in [3.05, 3.63) is 22.9 Å². The van der Waals surface area contributed by atoms with E-state index in [0.717, 1.165) is 12.8 Å². The highest BCUT2D eigenvalue weighted by atomic mass is 79.9. The van der Waals surface area contributed by atoms with Crippen LogP contribution in [0.4, 0.5) is 0 Å². The van der Waals surface area contributed by atoms with E-state index >= 15 is 0 Å². The molecule has 2 N–H and O–H groups in total. The van der Waals surface area contributed by atoms with Crippen molar-refractivity contribution in [3.63, 3.8) is 0 Å². The molecule has 0 aliphatic carbocycles. The van der Waals surface area contributed by atoms with Crippen molar-refractivity contribution in [2.24, 2.45) is 5.73 Å². The Kier molecular flexibility index (Phi) is 4.22. The highest BCUT2D eigenvalue weighted by Gasteiger charge is 2.36. The van der Waals surface area contributed by atoms with Crippen molar-refractivity contribution < 1.29 is 13.2 Å². The van der Waals surface area contributed by atoms with Crippen LogP contribution in [0.1, 0.15) is 19.3 Å². The summed E-state index contributed by atoms with van der Waals surface area (Å²) in [5.74, 6) is -0.605. The number of hydrogen-bond acceptors (Lipinski definition) is 4. The molecule has 6 nitrogen and oxygen atoms in total. The minimum atomic E-state index is -3.74. The van der Waals surface area contributed by atoms with E-state index in [9.17, 15) is 13.2 Å². The SMILES string of the molecule is NC(=O)C1CCCCN1S(=O)(=O)c1cncc(Br)c1. The van der Waals surface area contributed by atoms with Gasteiger partial charge in [-0.25, -0.2) is 8.42 Å². The predicted molar refractivity (Wildman–Crippen MR) is 72.7 cm³/mol. The Balaban J connectivity index is 2.40. The Labute approximate surface area is 120 Å². The molecule has 1 aromatic rings. The maximum absolute atomic E-state index is 12.5. The van der Waals surface area contributed by atoms with E-state index in [1.807, 2.05) is 0 Å². The molecule has 1 aromatic heterocycles. The van der Waals surface area contributed by atoms with Gasteiger partial charge in [0.2, 0.25) is 15.9 Å². The number of amides is 1. The third kappa shape index (κ3) is 2.96. The second-order valence-electron chi connectivity index (χ2n) is 4.37. The number of sulfonamides is 1. The molecule has 1 saturated heterocycles. The summed E-state index contributed by atoms with van der Waals surface area (Å²) in [5.41, 5.74) is 5.29. The van der Waals surface area contributed by atoms with Crippen LogP contribution < -0.4 is 5.73 Å². The van der Waals surface area contributed by atoms with Crippen LogP contribution in [0.15, 0.2) is 27.8 Å². The first kappa shape index (κ1) is 14.4. The van der Waals surface area contributed by atoms with E-state index in [2.05, 4.69) is 20.9 Å². The third-order valence-electron chi connectivity index (χ3n) is 3.07. The van der Waals surface area contributed by atoms with Crippen LogP contribution in [-0.4, -0.2) is 36.2 Å². The molecule has 1 aliphatic heterocycles. The lowest BCUT2D eigenvalue weighted by Gasteiger charge is -2.32. The molecule has 8 heteroatoms. The Morgan fingerprint density at radius 3 is 2.79 bits per heavy atom. The number of primary amides is 1. The number of piperidine rings is 1. The molecule has 1 atom stereocenters. The molecule has 2 heterocycles. The van der Waals surface area contributed by atoms with Crippen LogP contribution in [0.3, 0.4) is 0 Å². The lowest BCUT2D eigenvalue weighted by atomic mass is 10.0.